The van der Waals surface area contributed by atoms with Gasteiger partial charge in [0.15, 0.2) is 5.69 Å². The van der Waals surface area contributed by atoms with Crippen molar-refractivity contribution in [3.05, 3.63) is 112 Å². The van der Waals surface area contributed by atoms with Crippen LogP contribution in [-0.2, 0) is 11.4 Å². The molecular weight excluding hydrogens is 464 g/mol. The molecule has 0 aliphatic rings. The lowest BCUT2D eigenvalue weighted by Gasteiger charge is -2.22. The minimum atomic E-state index is -1.07. The first-order valence-electron chi connectivity index (χ1n) is 12.2. The SMILES string of the molecule is [C-]#[N+]c1cccc(OCc2cc(C=CC(=O)O)cc(C(=O)NC(CC(C)C)c3cc(C)cc(C)c3)c2)c1. The summed E-state index contributed by atoms with van der Waals surface area (Å²) < 4.78 is 5.86. The third-order valence-corrected chi connectivity index (χ3v) is 5.71. The van der Waals surface area contributed by atoms with E-state index >= 15 is 0 Å². The molecule has 0 saturated heterocycles. The monoisotopic (exact) mass is 496 g/mol. The van der Waals surface area contributed by atoms with Gasteiger partial charge >= 0.3 is 5.97 Å². The van der Waals surface area contributed by atoms with Crippen LogP contribution in [0.5, 0.6) is 5.75 Å². The third-order valence-electron chi connectivity index (χ3n) is 5.71. The molecule has 0 bridgehead atoms. The van der Waals surface area contributed by atoms with Gasteiger partial charge in [0.2, 0.25) is 0 Å². The van der Waals surface area contributed by atoms with E-state index in [0.29, 0.717) is 34.0 Å². The standard InChI is InChI=1S/C31H32N2O4/c1-20(2)11-29(25-13-21(3)12-22(4)14-25)33-31(36)26-16-23(9-10-30(34)35)15-24(17-26)19-37-28-8-6-7-27(18-28)32-5/h6-10,12-18,20,29H,11,19H2,1-4H3,(H,33,36)(H,34,35). The minimum Gasteiger partial charge on any atom is -0.490 e. The van der Waals surface area contributed by atoms with E-state index in [1.165, 1.54) is 6.08 Å². The predicted octanol–water partition coefficient (Wildman–Crippen LogP) is 7.05. The number of aliphatic carboxylic acids is 1. The summed E-state index contributed by atoms with van der Waals surface area (Å²) in [6.07, 6.45) is 3.27. The molecule has 3 rings (SSSR count). The quantitative estimate of drug-likeness (QED) is 0.233. The molecule has 3 aromatic carbocycles. The summed E-state index contributed by atoms with van der Waals surface area (Å²) >= 11 is 0. The van der Waals surface area contributed by atoms with Crippen LogP contribution in [0.15, 0.2) is 66.7 Å². The zero-order chi connectivity index (χ0) is 26.9. The first kappa shape index (κ1) is 27.2. The molecule has 0 saturated carbocycles. The molecule has 0 aromatic heterocycles. The van der Waals surface area contributed by atoms with Crippen molar-refractivity contribution in [3.8, 4) is 5.75 Å². The smallest absolute Gasteiger partial charge is 0.328 e. The van der Waals surface area contributed by atoms with Crippen LogP contribution in [-0.4, -0.2) is 17.0 Å². The molecule has 1 atom stereocenters. The van der Waals surface area contributed by atoms with Gasteiger partial charge in [0.05, 0.1) is 12.6 Å². The lowest BCUT2D eigenvalue weighted by atomic mass is 9.94. The van der Waals surface area contributed by atoms with E-state index in [1.807, 2.05) is 13.8 Å². The van der Waals surface area contributed by atoms with Crippen molar-refractivity contribution >= 4 is 23.6 Å². The summed E-state index contributed by atoms with van der Waals surface area (Å²) in [4.78, 5) is 28.0. The number of carbonyl (C=O) groups is 2. The summed E-state index contributed by atoms with van der Waals surface area (Å²) in [5.74, 6) is -0.411. The van der Waals surface area contributed by atoms with Crippen LogP contribution in [0, 0.1) is 26.3 Å². The van der Waals surface area contributed by atoms with Gasteiger partial charge < -0.3 is 15.2 Å². The number of amides is 1. The van der Waals surface area contributed by atoms with E-state index in [0.717, 1.165) is 29.2 Å². The van der Waals surface area contributed by atoms with Crippen LogP contribution < -0.4 is 10.1 Å². The predicted molar refractivity (Wildman–Crippen MR) is 146 cm³/mol. The second-order valence-corrected chi connectivity index (χ2v) is 9.61. The number of hydrogen-bond acceptors (Lipinski definition) is 3. The Bertz CT molecular complexity index is 1330. The van der Waals surface area contributed by atoms with Crippen molar-refractivity contribution in [1.29, 1.82) is 0 Å². The normalized spacial score (nSPS) is 11.8. The van der Waals surface area contributed by atoms with Crippen LogP contribution >= 0.6 is 0 Å². The second-order valence-electron chi connectivity index (χ2n) is 9.61. The Morgan fingerprint density at radius 3 is 2.43 bits per heavy atom. The summed E-state index contributed by atoms with van der Waals surface area (Å²) in [5, 5.41) is 12.3. The molecule has 190 valence electrons. The molecule has 0 fully saturated rings. The number of nitrogens with zero attached hydrogens (tertiary/aromatic N) is 1. The fourth-order valence-corrected chi connectivity index (χ4v) is 4.21. The van der Waals surface area contributed by atoms with Gasteiger partial charge in [-0.25, -0.2) is 9.64 Å². The number of benzene rings is 3. The van der Waals surface area contributed by atoms with Gasteiger partial charge in [0.25, 0.3) is 5.91 Å². The number of nitrogens with one attached hydrogen (secondary N) is 1. The molecule has 0 aliphatic carbocycles. The fraction of sp³-hybridized carbons (Fsp3) is 0.258. The highest BCUT2D eigenvalue weighted by Crippen LogP contribution is 2.25. The highest BCUT2D eigenvalue weighted by atomic mass is 16.5. The molecule has 6 heteroatoms. The molecule has 37 heavy (non-hydrogen) atoms. The number of aryl methyl sites for hydroxylation is 2. The topological polar surface area (TPSA) is 80.0 Å². The van der Waals surface area contributed by atoms with E-state index < -0.39 is 5.97 Å². The summed E-state index contributed by atoms with van der Waals surface area (Å²) in [5.41, 5.74) is 5.51. The lowest BCUT2D eigenvalue weighted by Crippen LogP contribution is -2.30. The molecule has 6 nitrogen and oxygen atoms in total. The molecule has 1 unspecified atom stereocenters. The summed E-state index contributed by atoms with van der Waals surface area (Å²) in [6, 6.07) is 18.2. The Hall–Kier alpha value is -4.37. The number of carboxylic acids is 1. The van der Waals surface area contributed by atoms with E-state index in [1.54, 1.807) is 42.5 Å². The van der Waals surface area contributed by atoms with Gasteiger partial charge in [-0.05, 0) is 79.3 Å². The van der Waals surface area contributed by atoms with Gasteiger partial charge in [-0.15, -0.1) is 0 Å². The van der Waals surface area contributed by atoms with Gasteiger partial charge in [0, 0.05) is 11.6 Å². The minimum absolute atomic E-state index is 0.156. The van der Waals surface area contributed by atoms with E-state index in [9.17, 15) is 9.59 Å². The Labute approximate surface area is 218 Å². The van der Waals surface area contributed by atoms with Crippen LogP contribution in [0.1, 0.15) is 64.5 Å². The maximum Gasteiger partial charge on any atom is 0.328 e. The van der Waals surface area contributed by atoms with E-state index in [2.05, 4.69) is 42.2 Å². The third kappa shape index (κ3) is 8.36. The van der Waals surface area contributed by atoms with Gasteiger partial charge in [-0.1, -0.05) is 55.3 Å². The molecule has 0 spiro atoms. The average Bonchev–Trinajstić information content (AvgIpc) is 2.85. The Balaban J connectivity index is 1.90. The molecule has 1 amide bonds. The zero-order valence-electron chi connectivity index (χ0n) is 21.6. The van der Waals surface area contributed by atoms with Crippen LogP contribution in [0.4, 0.5) is 5.69 Å². The van der Waals surface area contributed by atoms with Gasteiger partial charge in [-0.3, -0.25) is 4.79 Å². The highest BCUT2D eigenvalue weighted by molar-refractivity contribution is 5.95. The number of hydrogen-bond donors (Lipinski definition) is 2. The number of carboxylic acid groups (broad SMARTS) is 1. The van der Waals surface area contributed by atoms with Crippen molar-refractivity contribution in [2.75, 3.05) is 0 Å². The summed E-state index contributed by atoms with van der Waals surface area (Å²) in [7, 11) is 0. The molecule has 2 N–H and O–H groups in total. The van der Waals surface area contributed by atoms with Gasteiger partial charge in [0.1, 0.15) is 12.4 Å². The Kier molecular flexibility index (Phi) is 9.23. The molecular formula is C31H32N2O4. The number of rotatable bonds is 10. The van der Waals surface area contributed by atoms with Crippen molar-refractivity contribution < 1.29 is 19.4 Å². The molecule has 0 radical (unpaired) electrons. The van der Waals surface area contributed by atoms with Crippen molar-refractivity contribution in [2.24, 2.45) is 5.92 Å². The van der Waals surface area contributed by atoms with E-state index in [4.69, 9.17) is 16.4 Å². The van der Waals surface area contributed by atoms with E-state index in [-0.39, 0.29) is 18.6 Å². The van der Waals surface area contributed by atoms with Crippen LogP contribution in [0.2, 0.25) is 0 Å². The number of carbonyl (C=O) groups excluding carboxylic acids is 1. The fourth-order valence-electron chi connectivity index (χ4n) is 4.21. The first-order chi connectivity index (χ1) is 17.6. The Morgan fingerprint density at radius 1 is 1.05 bits per heavy atom. The largest absolute Gasteiger partial charge is 0.490 e. The van der Waals surface area contributed by atoms with Crippen molar-refractivity contribution in [2.45, 2.75) is 46.8 Å². The Morgan fingerprint density at radius 2 is 1.78 bits per heavy atom. The molecule has 0 heterocycles. The lowest BCUT2D eigenvalue weighted by molar-refractivity contribution is -0.131. The van der Waals surface area contributed by atoms with Crippen molar-refractivity contribution in [1.82, 2.24) is 5.32 Å². The molecule has 3 aromatic rings. The van der Waals surface area contributed by atoms with Crippen LogP contribution in [0.3, 0.4) is 0 Å². The second kappa shape index (κ2) is 12.5. The maximum absolute atomic E-state index is 13.5. The maximum atomic E-state index is 13.5. The first-order valence-corrected chi connectivity index (χ1v) is 12.2. The number of ether oxygens (including phenoxy) is 1. The highest BCUT2D eigenvalue weighted by Gasteiger charge is 2.19. The summed E-state index contributed by atoms with van der Waals surface area (Å²) in [6.45, 7) is 15.7. The molecule has 0 aliphatic heterocycles. The van der Waals surface area contributed by atoms with Crippen LogP contribution in [0.25, 0.3) is 10.9 Å². The zero-order valence-corrected chi connectivity index (χ0v) is 21.6. The average molecular weight is 497 g/mol. The van der Waals surface area contributed by atoms with Crippen molar-refractivity contribution in [3.63, 3.8) is 0 Å². The van der Waals surface area contributed by atoms with Gasteiger partial charge in [-0.2, -0.15) is 0 Å².